The molecule has 5 heteroatoms. The second-order valence-corrected chi connectivity index (χ2v) is 4.67. The SMILES string of the molecule is Cc1ccccc1C(C)NC(=O)C1COCCN1.Cl. The zero-order valence-electron chi connectivity index (χ0n) is 11.3. The van der Waals surface area contributed by atoms with E-state index in [1.54, 1.807) is 0 Å². The van der Waals surface area contributed by atoms with E-state index < -0.39 is 0 Å². The number of carbonyl (C=O) groups excluding carboxylic acids is 1. The third-order valence-corrected chi connectivity index (χ3v) is 3.25. The monoisotopic (exact) mass is 284 g/mol. The van der Waals surface area contributed by atoms with Crippen molar-refractivity contribution in [1.82, 2.24) is 10.6 Å². The van der Waals surface area contributed by atoms with E-state index in [0.29, 0.717) is 13.2 Å². The minimum absolute atomic E-state index is 0. The Morgan fingerprint density at radius 3 is 2.84 bits per heavy atom. The van der Waals surface area contributed by atoms with E-state index in [-0.39, 0.29) is 30.4 Å². The van der Waals surface area contributed by atoms with E-state index in [4.69, 9.17) is 4.74 Å². The zero-order chi connectivity index (χ0) is 13.0. The number of rotatable bonds is 3. The van der Waals surface area contributed by atoms with Gasteiger partial charge >= 0.3 is 0 Å². The van der Waals surface area contributed by atoms with Gasteiger partial charge < -0.3 is 15.4 Å². The molecular weight excluding hydrogens is 264 g/mol. The number of amides is 1. The van der Waals surface area contributed by atoms with E-state index in [1.807, 2.05) is 25.1 Å². The fourth-order valence-corrected chi connectivity index (χ4v) is 2.20. The molecule has 19 heavy (non-hydrogen) atoms. The van der Waals surface area contributed by atoms with Crippen molar-refractivity contribution in [1.29, 1.82) is 0 Å². The van der Waals surface area contributed by atoms with Gasteiger partial charge in [-0.2, -0.15) is 0 Å². The summed E-state index contributed by atoms with van der Waals surface area (Å²) >= 11 is 0. The van der Waals surface area contributed by atoms with Crippen LogP contribution >= 0.6 is 12.4 Å². The zero-order valence-corrected chi connectivity index (χ0v) is 12.1. The van der Waals surface area contributed by atoms with E-state index in [9.17, 15) is 4.79 Å². The van der Waals surface area contributed by atoms with Gasteiger partial charge in [0.25, 0.3) is 0 Å². The molecule has 2 N–H and O–H groups in total. The van der Waals surface area contributed by atoms with Gasteiger partial charge in [-0.05, 0) is 25.0 Å². The lowest BCUT2D eigenvalue weighted by Gasteiger charge is -2.25. The van der Waals surface area contributed by atoms with Crippen molar-refractivity contribution in [2.45, 2.75) is 25.9 Å². The molecule has 1 saturated heterocycles. The average Bonchev–Trinajstić information content (AvgIpc) is 2.40. The Hall–Kier alpha value is -1.10. The summed E-state index contributed by atoms with van der Waals surface area (Å²) in [6.45, 7) is 5.92. The maximum atomic E-state index is 12.0. The highest BCUT2D eigenvalue weighted by Gasteiger charge is 2.22. The van der Waals surface area contributed by atoms with E-state index in [1.165, 1.54) is 5.56 Å². The third kappa shape index (κ3) is 4.20. The van der Waals surface area contributed by atoms with Gasteiger partial charge in [-0.15, -0.1) is 12.4 Å². The Morgan fingerprint density at radius 1 is 1.47 bits per heavy atom. The van der Waals surface area contributed by atoms with Crippen molar-refractivity contribution >= 4 is 18.3 Å². The molecule has 0 aromatic heterocycles. The summed E-state index contributed by atoms with van der Waals surface area (Å²) in [7, 11) is 0. The molecule has 1 aromatic rings. The van der Waals surface area contributed by atoms with Gasteiger partial charge in [0.05, 0.1) is 19.3 Å². The van der Waals surface area contributed by atoms with Gasteiger partial charge in [0.15, 0.2) is 0 Å². The van der Waals surface area contributed by atoms with Crippen LogP contribution < -0.4 is 10.6 Å². The van der Waals surface area contributed by atoms with Gasteiger partial charge in [-0.1, -0.05) is 24.3 Å². The quantitative estimate of drug-likeness (QED) is 0.886. The molecular formula is C14H21ClN2O2. The standard InChI is InChI=1S/C14H20N2O2.ClH/c1-10-5-3-4-6-12(10)11(2)16-14(17)13-9-18-8-7-15-13;/h3-6,11,13,15H,7-9H2,1-2H3,(H,16,17);1H. The van der Waals surface area contributed by atoms with Crippen LogP contribution in [0, 0.1) is 6.92 Å². The molecule has 2 atom stereocenters. The summed E-state index contributed by atoms with van der Waals surface area (Å²) in [5.74, 6) is 0.00505. The molecule has 1 aromatic carbocycles. The molecule has 0 saturated carbocycles. The smallest absolute Gasteiger partial charge is 0.240 e. The van der Waals surface area contributed by atoms with Gasteiger partial charge in [-0.25, -0.2) is 0 Å². The predicted molar refractivity (Wildman–Crippen MR) is 77.6 cm³/mol. The minimum Gasteiger partial charge on any atom is -0.378 e. The molecule has 0 aliphatic carbocycles. The van der Waals surface area contributed by atoms with Crippen LogP contribution in [0.5, 0.6) is 0 Å². The summed E-state index contributed by atoms with van der Waals surface area (Å²) in [4.78, 5) is 12.0. The topological polar surface area (TPSA) is 50.4 Å². The van der Waals surface area contributed by atoms with Crippen LogP contribution in [-0.2, 0) is 9.53 Å². The first-order valence-corrected chi connectivity index (χ1v) is 6.35. The van der Waals surface area contributed by atoms with Crippen LogP contribution in [0.1, 0.15) is 24.1 Å². The molecule has 1 aliphatic heterocycles. The molecule has 2 rings (SSSR count). The molecule has 0 bridgehead atoms. The number of hydrogen-bond acceptors (Lipinski definition) is 3. The summed E-state index contributed by atoms with van der Waals surface area (Å²) in [6, 6.07) is 7.88. The van der Waals surface area contributed by atoms with Crippen LogP contribution in [0.4, 0.5) is 0 Å². The summed E-state index contributed by atoms with van der Waals surface area (Å²) in [5.41, 5.74) is 2.35. The molecule has 0 radical (unpaired) electrons. The second-order valence-electron chi connectivity index (χ2n) is 4.67. The first-order valence-electron chi connectivity index (χ1n) is 6.35. The first kappa shape index (κ1) is 16.0. The van der Waals surface area contributed by atoms with E-state index in [2.05, 4.69) is 23.6 Å². The molecule has 1 aliphatic rings. The largest absolute Gasteiger partial charge is 0.378 e. The molecule has 4 nitrogen and oxygen atoms in total. The number of aryl methyl sites for hydroxylation is 1. The molecule has 0 spiro atoms. The van der Waals surface area contributed by atoms with Crippen LogP contribution in [0.15, 0.2) is 24.3 Å². The van der Waals surface area contributed by atoms with Crippen molar-refractivity contribution in [2.75, 3.05) is 19.8 Å². The highest BCUT2D eigenvalue weighted by molar-refractivity contribution is 5.85. The lowest BCUT2D eigenvalue weighted by Crippen LogP contribution is -2.51. The van der Waals surface area contributed by atoms with Crippen molar-refractivity contribution in [3.8, 4) is 0 Å². The summed E-state index contributed by atoms with van der Waals surface area (Å²) in [5, 5.41) is 6.18. The Bertz CT molecular complexity index is 420. The average molecular weight is 285 g/mol. The molecule has 2 unspecified atom stereocenters. The number of nitrogens with one attached hydrogen (secondary N) is 2. The summed E-state index contributed by atoms with van der Waals surface area (Å²) in [6.07, 6.45) is 0. The number of benzene rings is 1. The second kappa shape index (κ2) is 7.48. The number of carbonyl (C=O) groups is 1. The van der Waals surface area contributed by atoms with Gasteiger partial charge in [0.2, 0.25) is 5.91 Å². The van der Waals surface area contributed by atoms with Crippen LogP contribution in [0.25, 0.3) is 0 Å². The van der Waals surface area contributed by atoms with Gasteiger partial charge in [-0.3, -0.25) is 4.79 Å². The van der Waals surface area contributed by atoms with Crippen molar-refractivity contribution in [3.63, 3.8) is 0 Å². The molecule has 106 valence electrons. The van der Waals surface area contributed by atoms with Crippen LogP contribution in [0.2, 0.25) is 0 Å². The van der Waals surface area contributed by atoms with Crippen molar-refractivity contribution in [2.24, 2.45) is 0 Å². The fourth-order valence-electron chi connectivity index (χ4n) is 2.20. The van der Waals surface area contributed by atoms with E-state index >= 15 is 0 Å². The van der Waals surface area contributed by atoms with Crippen molar-refractivity contribution in [3.05, 3.63) is 35.4 Å². The minimum atomic E-state index is -0.231. The number of ether oxygens (including phenoxy) is 1. The third-order valence-electron chi connectivity index (χ3n) is 3.25. The summed E-state index contributed by atoms with van der Waals surface area (Å²) < 4.78 is 5.29. The van der Waals surface area contributed by atoms with E-state index in [0.717, 1.165) is 12.1 Å². The maximum absolute atomic E-state index is 12.0. The molecule has 1 amide bonds. The Morgan fingerprint density at radius 2 is 2.21 bits per heavy atom. The first-order chi connectivity index (χ1) is 8.68. The van der Waals surface area contributed by atoms with Crippen LogP contribution in [-0.4, -0.2) is 31.7 Å². The Labute approximate surface area is 120 Å². The van der Waals surface area contributed by atoms with Gasteiger partial charge in [0.1, 0.15) is 6.04 Å². The number of hydrogen-bond donors (Lipinski definition) is 2. The normalized spacial score (nSPS) is 20.2. The number of halogens is 1. The molecule has 1 heterocycles. The number of morpholine rings is 1. The highest BCUT2D eigenvalue weighted by Crippen LogP contribution is 2.16. The predicted octanol–water partition coefficient (Wildman–Crippen LogP) is 1.58. The van der Waals surface area contributed by atoms with Crippen LogP contribution in [0.3, 0.4) is 0 Å². The lowest BCUT2D eigenvalue weighted by molar-refractivity contribution is -0.126. The lowest BCUT2D eigenvalue weighted by atomic mass is 10.0. The maximum Gasteiger partial charge on any atom is 0.240 e. The van der Waals surface area contributed by atoms with Crippen molar-refractivity contribution < 1.29 is 9.53 Å². The highest BCUT2D eigenvalue weighted by atomic mass is 35.5. The van der Waals surface area contributed by atoms with Gasteiger partial charge in [0, 0.05) is 6.54 Å². The Kier molecular flexibility index (Phi) is 6.28. The Balaban J connectivity index is 0.00000180. The fraction of sp³-hybridized carbons (Fsp3) is 0.500. The molecule has 1 fully saturated rings.